The van der Waals surface area contributed by atoms with Gasteiger partial charge < -0.3 is 14.4 Å². The molecule has 1 aliphatic heterocycles. The normalized spacial score (nSPS) is 15.3. The van der Waals surface area contributed by atoms with Crippen LogP contribution in [0.3, 0.4) is 0 Å². The Morgan fingerprint density at radius 1 is 0.929 bits per heavy atom. The third kappa shape index (κ3) is 3.98. The monoisotopic (exact) mass is 404 g/mol. The van der Waals surface area contributed by atoms with E-state index in [1.807, 2.05) is 6.92 Å². The van der Waals surface area contributed by atoms with E-state index in [0.29, 0.717) is 30.2 Å². The van der Waals surface area contributed by atoms with Gasteiger partial charge in [0.05, 0.1) is 24.7 Å². The average molecular weight is 404 g/mol. The number of nitrogens with zero attached hydrogens (tertiary/aromatic N) is 2. The number of sulfonamides is 1. The number of rotatable bonds is 5. The molecule has 0 aromatic heterocycles. The Morgan fingerprint density at radius 3 is 2.14 bits per heavy atom. The van der Waals surface area contributed by atoms with Gasteiger partial charge >= 0.3 is 0 Å². The summed E-state index contributed by atoms with van der Waals surface area (Å²) in [5, 5.41) is 0. The third-order valence-electron chi connectivity index (χ3n) is 4.82. The van der Waals surface area contributed by atoms with Crippen molar-refractivity contribution >= 4 is 15.9 Å². The summed E-state index contributed by atoms with van der Waals surface area (Å²) in [5.74, 6) is 0.813. The zero-order chi connectivity index (χ0) is 20.3. The Hall–Kier alpha value is -2.58. The number of amides is 1. The second-order valence-corrected chi connectivity index (χ2v) is 8.51. The molecule has 0 spiro atoms. The van der Waals surface area contributed by atoms with Crippen molar-refractivity contribution in [2.75, 3.05) is 40.4 Å². The Labute approximate surface area is 165 Å². The topological polar surface area (TPSA) is 76.2 Å². The number of ether oxygens (including phenoxy) is 2. The third-order valence-corrected chi connectivity index (χ3v) is 6.73. The molecule has 1 aliphatic rings. The molecular formula is C20H24N2O5S. The van der Waals surface area contributed by atoms with Crippen LogP contribution in [0.2, 0.25) is 0 Å². The first kappa shape index (κ1) is 20.2. The van der Waals surface area contributed by atoms with Gasteiger partial charge in [0, 0.05) is 26.2 Å². The molecular weight excluding hydrogens is 380 g/mol. The Kier molecular flexibility index (Phi) is 5.90. The minimum atomic E-state index is -3.57. The molecule has 0 unspecified atom stereocenters. The zero-order valence-corrected chi connectivity index (χ0v) is 17.0. The number of hydrogen-bond donors (Lipinski definition) is 0. The summed E-state index contributed by atoms with van der Waals surface area (Å²) in [6, 6.07) is 11.8. The number of aryl methyl sites for hydroxylation is 1. The van der Waals surface area contributed by atoms with Gasteiger partial charge in [-0.15, -0.1) is 0 Å². The molecule has 0 aliphatic carbocycles. The standard InChI is InChI=1S/C20H24N2O5S/c1-15-4-7-17(8-5-15)28(24,25)22-12-10-21(11-13-22)20(23)18-14-16(26-2)6-9-19(18)27-3/h4-9,14H,10-13H2,1-3H3. The zero-order valence-electron chi connectivity index (χ0n) is 16.2. The molecule has 7 nitrogen and oxygen atoms in total. The number of carbonyl (C=O) groups excluding carboxylic acids is 1. The maximum Gasteiger partial charge on any atom is 0.257 e. The summed E-state index contributed by atoms with van der Waals surface area (Å²) in [7, 11) is -0.528. The van der Waals surface area contributed by atoms with Crippen molar-refractivity contribution in [2.24, 2.45) is 0 Å². The Bertz CT molecular complexity index is 949. The number of carbonyl (C=O) groups is 1. The molecule has 1 amide bonds. The molecule has 1 saturated heterocycles. The average Bonchev–Trinajstić information content (AvgIpc) is 2.73. The van der Waals surface area contributed by atoms with Crippen molar-refractivity contribution in [2.45, 2.75) is 11.8 Å². The van der Waals surface area contributed by atoms with Gasteiger partial charge in [-0.1, -0.05) is 17.7 Å². The fourth-order valence-corrected chi connectivity index (χ4v) is 4.56. The molecule has 0 N–H and O–H groups in total. The Balaban J connectivity index is 1.73. The highest BCUT2D eigenvalue weighted by atomic mass is 32.2. The van der Waals surface area contributed by atoms with E-state index in [0.717, 1.165) is 5.56 Å². The van der Waals surface area contributed by atoms with Gasteiger partial charge in [-0.3, -0.25) is 4.79 Å². The molecule has 1 heterocycles. The smallest absolute Gasteiger partial charge is 0.257 e. The quantitative estimate of drug-likeness (QED) is 0.763. The maximum absolute atomic E-state index is 12.9. The van der Waals surface area contributed by atoms with Gasteiger partial charge in [-0.25, -0.2) is 8.42 Å². The second kappa shape index (κ2) is 8.20. The van der Waals surface area contributed by atoms with Gasteiger partial charge in [0.25, 0.3) is 5.91 Å². The number of hydrogen-bond acceptors (Lipinski definition) is 5. The minimum absolute atomic E-state index is 0.205. The second-order valence-electron chi connectivity index (χ2n) is 6.58. The lowest BCUT2D eigenvalue weighted by molar-refractivity contribution is 0.0694. The van der Waals surface area contributed by atoms with E-state index in [1.54, 1.807) is 47.4 Å². The van der Waals surface area contributed by atoms with E-state index >= 15 is 0 Å². The van der Waals surface area contributed by atoms with Gasteiger partial charge in [0.1, 0.15) is 11.5 Å². The molecule has 150 valence electrons. The first-order valence-electron chi connectivity index (χ1n) is 8.95. The van der Waals surface area contributed by atoms with E-state index < -0.39 is 10.0 Å². The highest BCUT2D eigenvalue weighted by Crippen LogP contribution is 2.26. The summed E-state index contributed by atoms with van der Waals surface area (Å²) in [6.07, 6.45) is 0. The summed E-state index contributed by atoms with van der Waals surface area (Å²) in [5.41, 5.74) is 1.40. The molecule has 2 aromatic rings. The van der Waals surface area contributed by atoms with Crippen molar-refractivity contribution < 1.29 is 22.7 Å². The van der Waals surface area contributed by atoms with Crippen LogP contribution < -0.4 is 9.47 Å². The van der Waals surface area contributed by atoms with Crippen LogP contribution in [-0.4, -0.2) is 63.9 Å². The van der Waals surface area contributed by atoms with E-state index in [-0.39, 0.29) is 23.9 Å². The van der Waals surface area contributed by atoms with E-state index in [2.05, 4.69) is 0 Å². The van der Waals surface area contributed by atoms with Crippen LogP contribution in [0.25, 0.3) is 0 Å². The highest BCUT2D eigenvalue weighted by molar-refractivity contribution is 7.89. The summed E-state index contributed by atoms with van der Waals surface area (Å²) < 4.78 is 37.5. The van der Waals surface area contributed by atoms with E-state index in [9.17, 15) is 13.2 Å². The minimum Gasteiger partial charge on any atom is -0.497 e. The molecule has 8 heteroatoms. The molecule has 0 radical (unpaired) electrons. The van der Waals surface area contributed by atoms with Gasteiger partial charge in [-0.2, -0.15) is 4.31 Å². The summed E-state index contributed by atoms with van der Waals surface area (Å²) in [6.45, 7) is 3.02. The maximum atomic E-state index is 12.9. The van der Waals surface area contributed by atoms with Crippen LogP contribution in [-0.2, 0) is 10.0 Å². The lowest BCUT2D eigenvalue weighted by Crippen LogP contribution is -2.50. The summed E-state index contributed by atoms with van der Waals surface area (Å²) >= 11 is 0. The van der Waals surface area contributed by atoms with Crippen molar-refractivity contribution in [1.82, 2.24) is 9.21 Å². The highest BCUT2D eigenvalue weighted by Gasteiger charge is 2.31. The molecule has 3 rings (SSSR count). The van der Waals surface area contributed by atoms with E-state index in [1.165, 1.54) is 18.5 Å². The van der Waals surface area contributed by atoms with Crippen molar-refractivity contribution in [3.8, 4) is 11.5 Å². The predicted octanol–water partition coefficient (Wildman–Crippen LogP) is 2.16. The largest absolute Gasteiger partial charge is 0.497 e. The van der Waals surface area contributed by atoms with Gasteiger partial charge in [-0.05, 0) is 37.3 Å². The number of piperazine rings is 1. The molecule has 2 aromatic carbocycles. The molecule has 0 atom stereocenters. The first-order valence-corrected chi connectivity index (χ1v) is 10.4. The SMILES string of the molecule is COc1ccc(OC)c(C(=O)N2CCN(S(=O)(=O)c3ccc(C)cc3)CC2)c1. The molecule has 1 fully saturated rings. The summed E-state index contributed by atoms with van der Waals surface area (Å²) in [4.78, 5) is 14.8. The first-order chi connectivity index (χ1) is 13.4. The lowest BCUT2D eigenvalue weighted by Gasteiger charge is -2.34. The van der Waals surface area contributed by atoms with Crippen molar-refractivity contribution in [1.29, 1.82) is 0 Å². The van der Waals surface area contributed by atoms with Crippen LogP contribution in [0.15, 0.2) is 47.4 Å². The predicted molar refractivity (Wildman–Crippen MR) is 105 cm³/mol. The molecule has 0 saturated carbocycles. The van der Waals surface area contributed by atoms with Crippen LogP contribution in [0.4, 0.5) is 0 Å². The van der Waals surface area contributed by atoms with Crippen LogP contribution in [0, 0.1) is 6.92 Å². The molecule has 0 bridgehead atoms. The number of benzene rings is 2. The van der Waals surface area contributed by atoms with Gasteiger partial charge in [0.2, 0.25) is 10.0 Å². The fraction of sp³-hybridized carbons (Fsp3) is 0.350. The molecule has 28 heavy (non-hydrogen) atoms. The lowest BCUT2D eigenvalue weighted by atomic mass is 10.1. The fourth-order valence-electron chi connectivity index (χ4n) is 3.14. The van der Waals surface area contributed by atoms with Gasteiger partial charge in [0.15, 0.2) is 0 Å². The van der Waals surface area contributed by atoms with Crippen molar-refractivity contribution in [3.05, 3.63) is 53.6 Å². The van der Waals surface area contributed by atoms with E-state index in [4.69, 9.17) is 9.47 Å². The Morgan fingerprint density at radius 2 is 1.57 bits per heavy atom. The van der Waals surface area contributed by atoms with Crippen LogP contribution in [0.5, 0.6) is 11.5 Å². The van der Waals surface area contributed by atoms with Crippen LogP contribution >= 0.6 is 0 Å². The number of methoxy groups -OCH3 is 2. The van der Waals surface area contributed by atoms with Crippen LogP contribution in [0.1, 0.15) is 15.9 Å². The van der Waals surface area contributed by atoms with Crippen molar-refractivity contribution in [3.63, 3.8) is 0 Å².